The Morgan fingerprint density at radius 3 is 2.80 bits per heavy atom. The van der Waals surface area contributed by atoms with Gasteiger partial charge in [0.1, 0.15) is 6.61 Å². The molecule has 1 atom stereocenters. The summed E-state index contributed by atoms with van der Waals surface area (Å²) in [6.07, 6.45) is 2.38. The Bertz CT molecular complexity index is 195. The van der Waals surface area contributed by atoms with E-state index in [1.54, 1.807) is 13.1 Å². The van der Waals surface area contributed by atoms with Crippen molar-refractivity contribution in [2.24, 2.45) is 5.16 Å². The molecule has 0 radical (unpaired) electrons. The molecule has 0 bridgehead atoms. The Labute approximate surface area is 90.8 Å². The number of hydrogen-bond donors (Lipinski definition) is 1. The van der Waals surface area contributed by atoms with Gasteiger partial charge in [-0.05, 0) is 20.3 Å². The minimum Gasteiger partial charge on any atom is -0.394 e. The lowest BCUT2D eigenvalue weighted by molar-refractivity contribution is -0.119. The van der Waals surface area contributed by atoms with Crippen molar-refractivity contribution in [3.8, 4) is 0 Å². The SMILES string of the molecule is C/C=N/OCCOCCC(C)NC(C)=O. The molecule has 88 valence electrons. The highest BCUT2D eigenvalue weighted by atomic mass is 16.6. The average molecular weight is 216 g/mol. The van der Waals surface area contributed by atoms with Crippen LogP contribution < -0.4 is 5.32 Å². The molecule has 0 aromatic heterocycles. The summed E-state index contributed by atoms with van der Waals surface area (Å²) in [7, 11) is 0. The molecule has 0 rings (SSSR count). The van der Waals surface area contributed by atoms with E-state index in [-0.39, 0.29) is 11.9 Å². The average Bonchev–Trinajstić information content (AvgIpc) is 2.15. The second-order valence-electron chi connectivity index (χ2n) is 3.20. The Kier molecular flexibility index (Phi) is 8.76. The minimum atomic E-state index is -0.0110. The van der Waals surface area contributed by atoms with Crippen LogP contribution in [0.5, 0.6) is 0 Å². The van der Waals surface area contributed by atoms with Gasteiger partial charge in [0.2, 0.25) is 5.91 Å². The largest absolute Gasteiger partial charge is 0.394 e. The van der Waals surface area contributed by atoms with Crippen molar-refractivity contribution < 1.29 is 14.4 Å². The van der Waals surface area contributed by atoms with Gasteiger partial charge in [0.05, 0.1) is 6.61 Å². The quantitative estimate of drug-likeness (QED) is 0.373. The number of carbonyl (C=O) groups is 1. The van der Waals surface area contributed by atoms with Crippen LogP contribution in [0.1, 0.15) is 27.2 Å². The summed E-state index contributed by atoms with van der Waals surface area (Å²) in [4.78, 5) is 15.5. The molecule has 0 aromatic rings. The van der Waals surface area contributed by atoms with E-state index in [4.69, 9.17) is 9.57 Å². The standard InChI is InChI=1S/C10H20N2O3/c1-4-11-15-8-7-14-6-5-9(2)12-10(3)13/h4,9H,5-8H2,1-3H3,(H,12,13)/b11-4+. The number of hydrogen-bond acceptors (Lipinski definition) is 4. The molecule has 0 saturated carbocycles. The molecular weight excluding hydrogens is 196 g/mol. The summed E-state index contributed by atoms with van der Waals surface area (Å²) in [5, 5.41) is 6.36. The van der Waals surface area contributed by atoms with E-state index in [1.165, 1.54) is 6.92 Å². The summed E-state index contributed by atoms with van der Waals surface area (Å²) in [6, 6.07) is 0.150. The number of oxime groups is 1. The third kappa shape index (κ3) is 10.8. The number of amides is 1. The molecule has 15 heavy (non-hydrogen) atoms. The van der Waals surface area contributed by atoms with E-state index in [2.05, 4.69) is 10.5 Å². The lowest BCUT2D eigenvalue weighted by Gasteiger charge is -2.11. The van der Waals surface area contributed by atoms with Gasteiger partial charge < -0.3 is 14.9 Å². The molecule has 0 aliphatic rings. The van der Waals surface area contributed by atoms with E-state index >= 15 is 0 Å². The molecule has 1 N–H and O–H groups in total. The van der Waals surface area contributed by atoms with Crippen LogP contribution in [0.25, 0.3) is 0 Å². The van der Waals surface area contributed by atoms with Gasteiger partial charge in [-0.3, -0.25) is 4.79 Å². The van der Waals surface area contributed by atoms with Crippen LogP contribution in [-0.4, -0.2) is 38.0 Å². The fourth-order valence-electron chi connectivity index (χ4n) is 1.00. The summed E-state index contributed by atoms with van der Waals surface area (Å²) in [6.45, 7) is 6.83. The Morgan fingerprint density at radius 1 is 1.47 bits per heavy atom. The zero-order chi connectivity index (χ0) is 11.5. The zero-order valence-electron chi connectivity index (χ0n) is 9.66. The lowest BCUT2D eigenvalue weighted by atomic mass is 10.2. The predicted octanol–water partition coefficient (Wildman–Crippen LogP) is 0.940. The van der Waals surface area contributed by atoms with Crippen LogP contribution in [0.2, 0.25) is 0 Å². The van der Waals surface area contributed by atoms with Gasteiger partial charge in [-0.15, -0.1) is 0 Å². The summed E-state index contributed by atoms with van der Waals surface area (Å²) in [5.41, 5.74) is 0. The lowest BCUT2D eigenvalue weighted by Crippen LogP contribution is -2.31. The molecule has 5 nitrogen and oxygen atoms in total. The third-order valence-electron chi connectivity index (χ3n) is 1.64. The first-order valence-corrected chi connectivity index (χ1v) is 5.11. The predicted molar refractivity (Wildman–Crippen MR) is 58.8 cm³/mol. The van der Waals surface area contributed by atoms with Crippen molar-refractivity contribution in [2.45, 2.75) is 33.2 Å². The summed E-state index contributed by atoms with van der Waals surface area (Å²) in [5.74, 6) is -0.0110. The first-order valence-electron chi connectivity index (χ1n) is 5.11. The van der Waals surface area contributed by atoms with Crippen LogP contribution >= 0.6 is 0 Å². The zero-order valence-corrected chi connectivity index (χ0v) is 9.66. The normalized spacial score (nSPS) is 12.7. The fraction of sp³-hybridized carbons (Fsp3) is 0.800. The third-order valence-corrected chi connectivity index (χ3v) is 1.64. The number of ether oxygens (including phenoxy) is 1. The monoisotopic (exact) mass is 216 g/mol. The van der Waals surface area contributed by atoms with Crippen molar-refractivity contribution in [1.29, 1.82) is 0 Å². The van der Waals surface area contributed by atoms with Crippen molar-refractivity contribution >= 4 is 12.1 Å². The van der Waals surface area contributed by atoms with Crippen LogP contribution in [0, 0.1) is 0 Å². The molecule has 1 amide bonds. The topological polar surface area (TPSA) is 59.9 Å². The minimum absolute atomic E-state index is 0.0110. The van der Waals surface area contributed by atoms with Gasteiger partial charge in [0.25, 0.3) is 0 Å². The second-order valence-corrected chi connectivity index (χ2v) is 3.20. The number of nitrogens with one attached hydrogen (secondary N) is 1. The Hall–Kier alpha value is -1.10. The smallest absolute Gasteiger partial charge is 0.217 e. The highest BCUT2D eigenvalue weighted by molar-refractivity contribution is 5.73. The summed E-state index contributed by atoms with van der Waals surface area (Å²) < 4.78 is 5.28. The number of carbonyl (C=O) groups excluding carboxylic acids is 1. The fourth-order valence-corrected chi connectivity index (χ4v) is 1.00. The molecule has 0 aliphatic heterocycles. The highest BCUT2D eigenvalue weighted by Crippen LogP contribution is 1.91. The maximum absolute atomic E-state index is 10.7. The van der Waals surface area contributed by atoms with Crippen molar-refractivity contribution in [3.05, 3.63) is 0 Å². The molecule has 0 saturated heterocycles. The molecule has 0 heterocycles. The second kappa shape index (κ2) is 9.45. The van der Waals surface area contributed by atoms with Gasteiger partial charge in [0, 0.05) is 25.8 Å². The molecule has 0 fully saturated rings. The van der Waals surface area contributed by atoms with Crippen LogP contribution in [-0.2, 0) is 14.4 Å². The highest BCUT2D eigenvalue weighted by Gasteiger charge is 2.02. The van der Waals surface area contributed by atoms with Crippen LogP contribution in [0.3, 0.4) is 0 Å². The maximum Gasteiger partial charge on any atom is 0.217 e. The molecule has 0 aromatic carbocycles. The van der Waals surface area contributed by atoms with E-state index < -0.39 is 0 Å². The Balaban J connectivity index is 3.19. The van der Waals surface area contributed by atoms with E-state index in [1.807, 2.05) is 6.92 Å². The number of nitrogens with zero attached hydrogens (tertiary/aromatic N) is 1. The van der Waals surface area contributed by atoms with Gasteiger partial charge in [-0.2, -0.15) is 0 Å². The first-order chi connectivity index (χ1) is 7.16. The van der Waals surface area contributed by atoms with Crippen molar-refractivity contribution in [2.75, 3.05) is 19.8 Å². The van der Waals surface area contributed by atoms with Crippen LogP contribution in [0.15, 0.2) is 5.16 Å². The van der Waals surface area contributed by atoms with E-state index in [0.29, 0.717) is 19.8 Å². The van der Waals surface area contributed by atoms with Gasteiger partial charge in [0.15, 0.2) is 0 Å². The molecule has 0 spiro atoms. The van der Waals surface area contributed by atoms with Gasteiger partial charge >= 0.3 is 0 Å². The van der Waals surface area contributed by atoms with Crippen molar-refractivity contribution in [1.82, 2.24) is 5.32 Å². The maximum atomic E-state index is 10.7. The van der Waals surface area contributed by atoms with Crippen molar-refractivity contribution in [3.63, 3.8) is 0 Å². The van der Waals surface area contributed by atoms with Gasteiger partial charge in [-0.1, -0.05) is 5.16 Å². The molecule has 1 unspecified atom stereocenters. The first kappa shape index (κ1) is 13.9. The Morgan fingerprint density at radius 2 is 2.20 bits per heavy atom. The van der Waals surface area contributed by atoms with E-state index in [0.717, 1.165) is 6.42 Å². The number of rotatable bonds is 8. The molecule has 5 heteroatoms. The summed E-state index contributed by atoms with van der Waals surface area (Å²) >= 11 is 0. The molecular formula is C10H20N2O3. The van der Waals surface area contributed by atoms with Gasteiger partial charge in [-0.25, -0.2) is 0 Å². The van der Waals surface area contributed by atoms with E-state index in [9.17, 15) is 4.79 Å². The van der Waals surface area contributed by atoms with Crippen LogP contribution in [0.4, 0.5) is 0 Å². The molecule has 0 aliphatic carbocycles.